The van der Waals surface area contributed by atoms with E-state index in [1.165, 1.54) is 0 Å². The second-order valence-electron chi connectivity index (χ2n) is 3.61. The number of aryl methyl sites for hydroxylation is 1. The zero-order valence-electron chi connectivity index (χ0n) is 8.19. The topological polar surface area (TPSA) is 30.0 Å². The molecule has 1 unspecified atom stereocenters. The van der Waals surface area contributed by atoms with Gasteiger partial charge in [0.1, 0.15) is 0 Å². The highest BCUT2D eigenvalue weighted by Crippen LogP contribution is 2.26. The molecule has 14 heavy (non-hydrogen) atoms. The number of aromatic nitrogens is 1. The fourth-order valence-electron chi connectivity index (χ4n) is 1.59. The number of nitrogens with zero attached hydrogens (tertiary/aromatic N) is 1. The molecular formula is C11H13NOS. The predicted octanol–water partition coefficient (Wildman–Crippen LogP) is 2.33. The van der Waals surface area contributed by atoms with Gasteiger partial charge in [-0.2, -0.15) is 11.8 Å². The highest BCUT2D eigenvalue weighted by Gasteiger charge is 2.24. The van der Waals surface area contributed by atoms with Gasteiger partial charge in [-0.15, -0.1) is 0 Å². The third kappa shape index (κ3) is 1.98. The van der Waals surface area contributed by atoms with Crippen LogP contribution in [-0.4, -0.2) is 22.3 Å². The molecule has 1 aromatic rings. The van der Waals surface area contributed by atoms with Crippen LogP contribution in [0.4, 0.5) is 0 Å². The molecule has 1 aliphatic rings. The minimum Gasteiger partial charge on any atom is -0.294 e. The van der Waals surface area contributed by atoms with Gasteiger partial charge >= 0.3 is 0 Å². The van der Waals surface area contributed by atoms with Crippen LogP contribution in [0.15, 0.2) is 18.3 Å². The number of pyridine rings is 1. The Hall–Kier alpha value is -0.830. The largest absolute Gasteiger partial charge is 0.294 e. The maximum atomic E-state index is 11.9. The zero-order valence-corrected chi connectivity index (χ0v) is 9.01. The van der Waals surface area contributed by atoms with E-state index >= 15 is 0 Å². The lowest BCUT2D eigenvalue weighted by atomic mass is 9.98. The first kappa shape index (κ1) is 9.71. The van der Waals surface area contributed by atoms with Gasteiger partial charge in [0.15, 0.2) is 5.78 Å². The zero-order chi connectivity index (χ0) is 9.97. The summed E-state index contributed by atoms with van der Waals surface area (Å²) in [5, 5.41) is 0. The minimum absolute atomic E-state index is 0.226. The number of rotatable bonds is 2. The quantitative estimate of drug-likeness (QED) is 0.697. The fourth-order valence-corrected chi connectivity index (χ4v) is 2.81. The van der Waals surface area contributed by atoms with E-state index in [2.05, 4.69) is 4.98 Å². The molecule has 2 heterocycles. The van der Waals surface area contributed by atoms with Gasteiger partial charge in [-0.1, -0.05) is 0 Å². The monoisotopic (exact) mass is 207 g/mol. The van der Waals surface area contributed by atoms with E-state index in [1.807, 2.05) is 30.8 Å². The Bertz CT molecular complexity index is 328. The molecule has 0 spiro atoms. The van der Waals surface area contributed by atoms with Crippen LogP contribution >= 0.6 is 11.8 Å². The van der Waals surface area contributed by atoms with E-state index < -0.39 is 0 Å². The van der Waals surface area contributed by atoms with E-state index in [0.29, 0.717) is 0 Å². The molecule has 0 aliphatic carbocycles. The lowest BCUT2D eigenvalue weighted by molar-refractivity contribution is 0.0933. The normalized spacial score (nSPS) is 21.1. The average molecular weight is 207 g/mol. The van der Waals surface area contributed by atoms with E-state index in [0.717, 1.165) is 29.2 Å². The Morgan fingerprint density at radius 1 is 1.57 bits per heavy atom. The number of hydrogen-bond acceptors (Lipinski definition) is 3. The molecule has 0 N–H and O–H groups in total. The SMILES string of the molecule is Cc1ccc(C(=O)C2CCSC2)cn1. The first-order chi connectivity index (χ1) is 6.77. The van der Waals surface area contributed by atoms with Gasteiger partial charge in [-0.05, 0) is 31.2 Å². The van der Waals surface area contributed by atoms with Crippen molar-refractivity contribution in [3.8, 4) is 0 Å². The number of thioether (sulfide) groups is 1. The van der Waals surface area contributed by atoms with Crippen LogP contribution in [0.3, 0.4) is 0 Å². The summed E-state index contributed by atoms with van der Waals surface area (Å²) in [7, 11) is 0. The standard InChI is InChI=1S/C11H13NOS/c1-8-2-3-9(6-12-8)11(13)10-4-5-14-7-10/h2-3,6,10H,4-5,7H2,1H3. The van der Waals surface area contributed by atoms with Crippen LogP contribution in [0.2, 0.25) is 0 Å². The summed E-state index contributed by atoms with van der Waals surface area (Å²) < 4.78 is 0. The van der Waals surface area contributed by atoms with Crippen molar-refractivity contribution >= 4 is 17.5 Å². The Kier molecular flexibility index (Phi) is 2.87. The molecule has 1 aliphatic heterocycles. The molecule has 74 valence electrons. The molecule has 1 saturated heterocycles. The van der Waals surface area contributed by atoms with Crippen LogP contribution in [0.25, 0.3) is 0 Å². The fraction of sp³-hybridized carbons (Fsp3) is 0.455. The van der Waals surface area contributed by atoms with E-state index in [4.69, 9.17) is 0 Å². The van der Waals surface area contributed by atoms with Gasteiger partial charge in [0.25, 0.3) is 0 Å². The Balaban J connectivity index is 2.14. The molecule has 0 saturated carbocycles. The predicted molar refractivity (Wildman–Crippen MR) is 58.7 cm³/mol. The Labute approximate surface area is 88.1 Å². The number of hydrogen-bond donors (Lipinski definition) is 0. The molecule has 1 aromatic heterocycles. The molecule has 2 nitrogen and oxygen atoms in total. The van der Waals surface area contributed by atoms with Gasteiger partial charge in [0.05, 0.1) is 0 Å². The van der Waals surface area contributed by atoms with Crippen molar-refractivity contribution in [1.29, 1.82) is 0 Å². The van der Waals surface area contributed by atoms with E-state index in [1.54, 1.807) is 6.20 Å². The van der Waals surface area contributed by atoms with Crippen molar-refractivity contribution < 1.29 is 4.79 Å². The second-order valence-corrected chi connectivity index (χ2v) is 4.76. The third-order valence-electron chi connectivity index (χ3n) is 2.50. The molecule has 3 heteroatoms. The van der Waals surface area contributed by atoms with Crippen LogP contribution in [0.5, 0.6) is 0 Å². The average Bonchev–Trinajstić information content (AvgIpc) is 2.71. The highest BCUT2D eigenvalue weighted by molar-refractivity contribution is 7.99. The molecule has 1 fully saturated rings. The van der Waals surface area contributed by atoms with Crippen molar-refractivity contribution in [1.82, 2.24) is 4.98 Å². The van der Waals surface area contributed by atoms with Gasteiger partial charge in [0, 0.05) is 29.1 Å². The van der Waals surface area contributed by atoms with Crippen LogP contribution < -0.4 is 0 Å². The van der Waals surface area contributed by atoms with E-state index in [-0.39, 0.29) is 11.7 Å². The summed E-state index contributed by atoms with van der Waals surface area (Å²) in [4.78, 5) is 16.0. The maximum Gasteiger partial charge on any atom is 0.168 e. The number of ketones is 1. The summed E-state index contributed by atoms with van der Waals surface area (Å²) in [6.45, 7) is 1.93. The summed E-state index contributed by atoms with van der Waals surface area (Å²) >= 11 is 1.87. The third-order valence-corrected chi connectivity index (χ3v) is 3.66. The van der Waals surface area contributed by atoms with Gasteiger partial charge in [0.2, 0.25) is 0 Å². The van der Waals surface area contributed by atoms with Crippen LogP contribution in [-0.2, 0) is 0 Å². The summed E-state index contributed by atoms with van der Waals surface area (Å²) in [5.41, 5.74) is 1.73. The van der Waals surface area contributed by atoms with Gasteiger partial charge < -0.3 is 0 Å². The molecular weight excluding hydrogens is 194 g/mol. The molecule has 1 atom stereocenters. The summed E-state index contributed by atoms with van der Waals surface area (Å²) in [6.07, 6.45) is 2.72. The first-order valence-corrected chi connectivity index (χ1v) is 5.97. The van der Waals surface area contributed by atoms with Gasteiger partial charge in [-0.25, -0.2) is 0 Å². The van der Waals surface area contributed by atoms with Crippen molar-refractivity contribution in [2.75, 3.05) is 11.5 Å². The molecule has 0 amide bonds. The molecule has 0 bridgehead atoms. The smallest absolute Gasteiger partial charge is 0.168 e. The van der Waals surface area contributed by atoms with Crippen molar-refractivity contribution in [2.24, 2.45) is 5.92 Å². The second kappa shape index (κ2) is 4.13. The highest BCUT2D eigenvalue weighted by atomic mass is 32.2. The Morgan fingerprint density at radius 2 is 2.43 bits per heavy atom. The van der Waals surface area contributed by atoms with Gasteiger partial charge in [-0.3, -0.25) is 9.78 Å². The van der Waals surface area contributed by atoms with Crippen LogP contribution in [0, 0.1) is 12.8 Å². The first-order valence-electron chi connectivity index (χ1n) is 4.82. The molecule has 0 aromatic carbocycles. The lowest BCUT2D eigenvalue weighted by Gasteiger charge is -2.06. The number of carbonyl (C=O) groups is 1. The molecule has 2 rings (SSSR count). The number of Topliss-reactive ketones (excluding diaryl/α,β-unsaturated/α-hetero) is 1. The van der Waals surface area contributed by atoms with Crippen molar-refractivity contribution in [3.63, 3.8) is 0 Å². The molecule has 0 radical (unpaired) electrons. The van der Waals surface area contributed by atoms with Crippen LogP contribution in [0.1, 0.15) is 22.5 Å². The minimum atomic E-state index is 0.226. The number of carbonyl (C=O) groups excluding carboxylic acids is 1. The Morgan fingerprint density at radius 3 is 3.00 bits per heavy atom. The van der Waals surface area contributed by atoms with E-state index in [9.17, 15) is 4.79 Å². The summed E-state index contributed by atoms with van der Waals surface area (Å²) in [6, 6.07) is 3.78. The van der Waals surface area contributed by atoms with Crippen molar-refractivity contribution in [3.05, 3.63) is 29.6 Å². The maximum absolute atomic E-state index is 11.9. The summed E-state index contributed by atoms with van der Waals surface area (Å²) in [5.74, 6) is 2.59. The lowest BCUT2D eigenvalue weighted by Crippen LogP contribution is -2.14. The van der Waals surface area contributed by atoms with Crippen molar-refractivity contribution in [2.45, 2.75) is 13.3 Å².